The largest absolute Gasteiger partial charge is 0.416 e. The van der Waals surface area contributed by atoms with E-state index in [1.54, 1.807) is 13.1 Å². The number of amides is 1. The Labute approximate surface area is 152 Å². The number of nitrogens with zero attached hydrogens (tertiary/aromatic N) is 1. The van der Waals surface area contributed by atoms with Gasteiger partial charge in [0.05, 0.1) is 12.1 Å². The van der Waals surface area contributed by atoms with E-state index in [9.17, 15) is 18.0 Å². The van der Waals surface area contributed by atoms with Gasteiger partial charge in [-0.15, -0.1) is 0 Å². The van der Waals surface area contributed by atoms with Crippen molar-refractivity contribution in [3.05, 3.63) is 35.4 Å². The fourth-order valence-electron chi connectivity index (χ4n) is 2.31. The Bertz CT molecular complexity index is 602. The van der Waals surface area contributed by atoms with E-state index >= 15 is 0 Å². The van der Waals surface area contributed by atoms with E-state index in [1.807, 2.05) is 13.8 Å². The normalized spacial score (nSPS) is 13.2. The first-order chi connectivity index (χ1) is 12.3. The van der Waals surface area contributed by atoms with E-state index in [0.29, 0.717) is 31.0 Å². The minimum Gasteiger partial charge on any atom is -0.356 e. The van der Waals surface area contributed by atoms with E-state index in [2.05, 4.69) is 20.9 Å². The van der Waals surface area contributed by atoms with Crippen LogP contribution in [0.25, 0.3) is 0 Å². The molecule has 1 atom stereocenters. The number of hydrogen-bond donors (Lipinski definition) is 3. The van der Waals surface area contributed by atoms with E-state index in [1.165, 1.54) is 12.1 Å². The van der Waals surface area contributed by atoms with Gasteiger partial charge in [0.25, 0.3) is 0 Å². The van der Waals surface area contributed by atoms with Gasteiger partial charge in [-0.1, -0.05) is 32.0 Å². The highest BCUT2D eigenvalue weighted by Gasteiger charge is 2.30. The van der Waals surface area contributed by atoms with E-state index in [0.717, 1.165) is 12.5 Å². The average Bonchev–Trinajstić information content (AvgIpc) is 2.61. The Morgan fingerprint density at radius 3 is 2.54 bits per heavy atom. The predicted molar refractivity (Wildman–Crippen MR) is 97.1 cm³/mol. The van der Waals surface area contributed by atoms with Gasteiger partial charge in [0, 0.05) is 20.1 Å². The van der Waals surface area contributed by atoms with Gasteiger partial charge in [0.15, 0.2) is 5.96 Å². The zero-order valence-electron chi connectivity index (χ0n) is 15.4. The third-order valence-electron chi connectivity index (χ3n) is 3.86. The maximum atomic E-state index is 12.8. The first kappa shape index (κ1) is 21.8. The number of guanidine groups is 1. The number of halogens is 3. The van der Waals surface area contributed by atoms with Gasteiger partial charge in [-0.3, -0.25) is 9.79 Å². The molecule has 0 spiro atoms. The number of carbonyl (C=O) groups excluding carboxylic acids is 1. The van der Waals surface area contributed by atoms with Crippen LogP contribution in [0.5, 0.6) is 0 Å². The van der Waals surface area contributed by atoms with Gasteiger partial charge < -0.3 is 16.0 Å². The summed E-state index contributed by atoms with van der Waals surface area (Å²) < 4.78 is 38.4. The second kappa shape index (κ2) is 10.7. The molecule has 0 heterocycles. The van der Waals surface area contributed by atoms with Gasteiger partial charge in [0.1, 0.15) is 0 Å². The van der Waals surface area contributed by atoms with Crippen molar-refractivity contribution in [2.45, 2.75) is 38.8 Å². The average molecular weight is 372 g/mol. The van der Waals surface area contributed by atoms with Crippen molar-refractivity contribution in [2.75, 3.05) is 26.7 Å². The van der Waals surface area contributed by atoms with Gasteiger partial charge >= 0.3 is 6.18 Å². The summed E-state index contributed by atoms with van der Waals surface area (Å²) in [6.45, 7) is 5.11. The molecule has 0 aliphatic heterocycles. The number of alkyl halides is 3. The molecule has 0 saturated heterocycles. The number of aliphatic imine (C=N–C) groups is 1. The molecule has 0 aliphatic carbocycles. The number of carbonyl (C=O) groups is 1. The standard InChI is InChI=1S/C18H27F3N4O/c1-4-9-23-16(26)12-25-17(22-3)24-10-8-13(2)14-6-5-7-15(11-14)18(19,20)21/h5-7,11,13H,4,8-10,12H2,1-3H3,(H,23,26)(H2,22,24,25). The van der Waals surface area contributed by atoms with Crippen molar-refractivity contribution in [1.29, 1.82) is 0 Å². The molecule has 0 aromatic heterocycles. The molecule has 1 aromatic rings. The van der Waals surface area contributed by atoms with Gasteiger partial charge in [-0.25, -0.2) is 0 Å². The summed E-state index contributed by atoms with van der Waals surface area (Å²) in [5, 5.41) is 8.71. The second-order valence-electron chi connectivity index (χ2n) is 6.02. The van der Waals surface area contributed by atoms with Crippen molar-refractivity contribution in [2.24, 2.45) is 4.99 Å². The lowest BCUT2D eigenvalue weighted by Gasteiger charge is -2.16. The molecule has 5 nitrogen and oxygen atoms in total. The quantitative estimate of drug-likeness (QED) is 0.486. The van der Waals surface area contributed by atoms with Gasteiger partial charge in [0.2, 0.25) is 5.91 Å². The Hall–Kier alpha value is -2.25. The highest BCUT2D eigenvalue weighted by atomic mass is 19.4. The van der Waals surface area contributed by atoms with Crippen LogP contribution in [-0.2, 0) is 11.0 Å². The summed E-state index contributed by atoms with van der Waals surface area (Å²) in [6.07, 6.45) is -2.84. The van der Waals surface area contributed by atoms with Gasteiger partial charge in [-0.05, 0) is 30.4 Å². The molecule has 0 saturated carbocycles. The maximum Gasteiger partial charge on any atom is 0.416 e. The lowest BCUT2D eigenvalue weighted by atomic mass is 9.96. The summed E-state index contributed by atoms with van der Waals surface area (Å²) >= 11 is 0. The van der Waals surface area contributed by atoms with E-state index < -0.39 is 11.7 Å². The third-order valence-corrected chi connectivity index (χ3v) is 3.86. The molecule has 3 N–H and O–H groups in total. The van der Waals surface area contributed by atoms with E-state index in [4.69, 9.17) is 0 Å². The minimum absolute atomic E-state index is 0.0456. The van der Waals surface area contributed by atoms with Crippen molar-refractivity contribution in [3.63, 3.8) is 0 Å². The smallest absolute Gasteiger partial charge is 0.356 e. The molecule has 146 valence electrons. The van der Waals surface area contributed by atoms with Crippen LogP contribution in [-0.4, -0.2) is 38.5 Å². The van der Waals surface area contributed by atoms with Crippen LogP contribution in [0, 0.1) is 0 Å². The molecule has 0 bridgehead atoms. The number of rotatable bonds is 8. The Morgan fingerprint density at radius 1 is 1.19 bits per heavy atom. The summed E-state index contributed by atoms with van der Waals surface area (Å²) in [5.74, 6) is 0.316. The summed E-state index contributed by atoms with van der Waals surface area (Å²) in [5.41, 5.74) is 0.00823. The summed E-state index contributed by atoms with van der Waals surface area (Å²) in [4.78, 5) is 15.6. The first-order valence-corrected chi connectivity index (χ1v) is 8.66. The van der Waals surface area contributed by atoms with Crippen LogP contribution < -0.4 is 16.0 Å². The summed E-state index contributed by atoms with van der Waals surface area (Å²) in [6, 6.07) is 5.39. The SMILES string of the molecule is CCCNC(=O)CNC(=NC)NCCC(C)c1cccc(C(F)(F)F)c1. The number of benzene rings is 1. The highest BCUT2D eigenvalue weighted by molar-refractivity contribution is 5.86. The molecule has 8 heteroatoms. The Balaban J connectivity index is 2.44. The van der Waals surface area contributed by atoms with Crippen LogP contribution in [0.1, 0.15) is 43.7 Å². The fourth-order valence-corrected chi connectivity index (χ4v) is 2.31. The van der Waals surface area contributed by atoms with Crippen molar-refractivity contribution in [3.8, 4) is 0 Å². The molecule has 0 aliphatic rings. The Morgan fingerprint density at radius 2 is 1.92 bits per heavy atom. The highest BCUT2D eigenvalue weighted by Crippen LogP contribution is 2.31. The van der Waals surface area contributed by atoms with Crippen LogP contribution in [0.3, 0.4) is 0 Å². The summed E-state index contributed by atoms with van der Waals surface area (Å²) in [7, 11) is 1.59. The van der Waals surface area contributed by atoms with Crippen molar-refractivity contribution < 1.29 is 18.0 Å². The lowest BCUT2D eigenvalue weighted by Crippen LogP contribution is -2.43. The molecule has 1 rings (SSSR count). The zero-order chi connectivity index (χ0) is 19.6. The van der Waals surface area contributed by atoms with Crippen LogP contribution >= 0.6 is 0 Å². The molecule has 1 amide bonds. The second-order valence-corrected chi connectivity index (χ2v) is 6.02. The molecule has 1 aromatic carbocycles. The Kier molecular flexibility index (Phi) is 8.95. The molecule has 1 unspecified atom stereocenters. The molecule has 26 heavy (non-hydrogen) atoms. The van der Waals surface area contributed by atoms with Crippen LogP contribution in [0.2, 0.25) is 0 Å². The maximum absolute atomic E-state index is 12.8. The number of nitrogens with one attached hydrogen (secondary N) is 3. The number of hydrogen-bond acceptors (Lipinski definition) is 2. The molecular formula is C18H27F3N4O. The molecular weight excluding hydrogens is 345 g/mol. The van der Waals surface area contributed by atoms with Crippen molar-refractivity contribution in [1.82, 2.24) is 16.0 Å². The zero-order valence-corrected chi connectivity index (χ0v) is 15.4. The van der Waals surface area contributed by atoms with Crippen LogP contribution in [0.4, 0.5) is 13.2 Å². The van der Waals surface area contributed by atoms with E-state index in [-0.39, 0.29) is 18.4 Å². The third kappa shape index (κ3) is 7.76. The monoisotopic (exact) mass is 372 g/mol. The van der Waals surface area contributed by atoms with Crippen molar-refractivity contribution >= 4 is 11.9 Å². The molecule has 0 radical (unpaired) electrons. The van der Waals surface area contributed by atoms with Gasteiger partial charge in [-0.2, -0.15) is 13.2 Å². The van der Waals surface area contributed by atoms with Crippen LogP contribution in [0.15, 0.2) is 29.3 Å². The predicted octanol–water partition coefficient (Wildman–Crippen LogP) is 2.89. The first-order valence-electron chi connectivity index (χ1n) is 8.66. The molecule has 0 fully saturated rings. The minimum atomic E-state index is -4.34. The lowest BCUT2D eigenvalue weighted by molar-refractivity contribution is -0.137. The fraction of sp³-hybridized carbons (Fsp3) is 0.556. The topological polar surface area (TPSA) is 65.5 Å².